The molecule has 33 heavy (non-hydrogen) atoms. The van der Waals surface area contributed by atoms with E-state index in [1.807, 2.05) is 56.5 Å². The molecule has 0 saturated heterocycles. The molecule has 0 aliphatic carbocycles. The third kappa shape index (κ3) is 5.70. The van der Waals surface area contributed by atoms with Gasteiger partial charge in [-0.15, -0.1) is 0 Å². The van der Waals surface area contributed by atoms with E-state index in [0.717, 1.165) is 5.52 Å². The summed E-state index contributed by atoms with van der Waals surface area (Å²) in [5, 5.41) is 12.9. The zero-order valence-electron chi connectivity index (χ0n) is 19.8. The molecule has 176 valence electrons. The molecule has 3 rings (SSSR count). The van der Waals surface area contributed by atoms with E-state index in [0.29, 0.717) is 35.6 Å². The number of carbonyl (C=O) groups is 2. The topological polar surface area (TPSA) is 96.7 Å². The number of nitrogens with one attached hydrogen (secondary N) is 1. The van der Waals surface area contributed by atoms with Crippen molar-refractivity contribution in [3.8, 4) is 0 Å². The number of aliphatic hydroxyl groups excluding tert-OH is 1. The first-order valence-corrected chi connectivity index (χ1v) is 11.1. The Labute approximate surface area is 194 Å². The second-order valence-electron chi connectivity index (χ2n) is 8.99. The van der Waals surface area contributed by atoms with Crippen molar-refractivity contribution in [3.05, 3.63) is 59.7 Å². The summed E-state index contributed by atoms with van der Waals surface area (Å²) in [5.74, 6) is 0.0808. The van der Waals surface area contributed by atoms with Gasteiger partial charge in [-0.2, -0.15) is 0 Å². The molecule has 0 saturated carbocycles. The number of para-hydroxylation sites is 1. The molecule has 0 aliphatic rings. The Hall–Kier alpha value is -3.39. The van der Waals surface area contributed by atoms with E-state index in [-0.39, 0.29) is 18.6 Å². The van der Waals surface area contributed by atoms with Crippen LogP contribution in [0.4, 0.5) is 10.7 Å². The number of amides is 2. The van der Waals surface area contributed by atoms with Gasteiger partial charge in [0.05, 0.1) is 23.7 Å². The monoisotopic (exact) mass is 452 g/mol. The van der Waals surface area contributed by atoms with Gasteiger partial charge in [0.2, 0.25) is 5.95 Å². The number of carbonyl (C=O) groups excluding carboxylic acids is 2. The highest BCUT2D eigenvalue weighted by atomic mass is 16.6. The molecule has 1 aromatic heterocycles. The lowest BCUT2D eigenvalue weighted by Crippen LogP contribution is -2.37. The third-order valence-electron chi connectivity index (χ3n) is 5.25. The molecule has 8 heteroatoms. The highest BCUT2D eigenvalue weighted by Crippen LogP contribution is 2.30. The van der Waals surface area contributed by atoms with Crippen LogP contribution in [0.25, 0.3) is 11.0 Å². The summed E-state index contributed by atoms with van der Waals surface area (Å²) in [6, 6.07) is 14.2. The van der Waals surface area contributed by atoms with Crippen LogP contribution in [0.3, 0.4) is 0 Å². The standard InChI is InChI=1S/C25H32N4O4/c1-6-19(15-28(5)24(32)33-25(2,3)4)29-21-18(16-30)13-10-14-20(21)26-23(29)27-22(31)17-11-8-7-9-12-17/h7-14,19,30H,6,15-16H2,1-5H3,(H,26,27,31)/t19-/m1/s1. The second-order valence-corrected chi connectivity index (χ2v) is 8.99. The van der Waals surface area contributed by atoms with Crippen LogP contribution in [0, 0.1) is 0 Å². The van der Waals surface area contributed by atoms with Crippen molar-refractivity contribution in [1.29, 1.82) is 0 Å². The van der Waals surface area contributed by atoms with Gasteiger partial charge in [-0.1, -0.05) is 37.3 Å². The molecular weight excluding hydrogens is 420 g/mol. The summed E-state index contributed by atoms with van der Waals surface area (Å²) in [6.45, 7) is 7.64. The van der Waals surface area contributed by atoms with E-state index < -0.39 is 11.7 Å². The van der Waals surface area contributed by atoms with Gasteiger partial charge in [-0.25, -0.2) is 9.78 Å². The van der Waals surface area contributed by atoms with Gasteiger partial charge in [-0.3, -0.25) is 10.1 Å². The minimum absolute atomic E-state index is 0.173. The molecule has 3 aromatic rings. The smallest absolute Gasteiger partial charge is 0.410 e. The average Bonchev–Trinajstić information content (AvgIpc) is 3.14. The first-order valence-electron chi connectivity index (χ1n) is 11.1. The lowest BCUT2D eigenvalue weighted by molar-refractivity contribution is 0.0276. The molecule has 0 spiro atoms. The maximum Gasteiger partial charge on any atom is 0.410 e. The van der Waals surface area contributed by atoms with Gasteiger partial charge < -0.3 is 19.3 Å². The first kappa shape index (κ1) is 24.3. The van der Waals surface area contributed by atoms with Crippen molar-refractivity contribution in [2.45, 2.75) is 52.4 Å². The Morgan fingerprint density at radius 2 is 1.85 bits per heavy atom. The number of imidazole rings is 1. The zero-order valence-corrected chi connectivity index (χ0v) is 19.8. The highest BCUT2D eigenvalue weighted by Gasteiger charge is 2.26. The zero-order chi connectivity index (χ0) is 24.2. The third-order valence-corrected chi connectivity index (χ3v) is 5.25. The number of hydrogen-bond acceptors (Lipinski definition) is 5. The summed E-state index contributed by atoms with van der Waals surface area (Å²) < 4.78 is 7.40. The summed E-state index contributed by atoms with van der Waals surface area (Å²) >= 11 is 0. The normalized spacial score (nSPS) is 12.4. The van der Waals surface area contributed by atoms with Gasteiger partial charge in [0.1, 0.15) is 5.60 Å². The molecule has 8 nitrogen and oxygen atoms in total. The van der Waals surface area contributed by atoms with Crippen LogP contribution in [0.15, 0.2) is 48.5 Å². The predicted molar refractivity (Wildman–Crippen MR) is 128 cm³/mol. The fourth-order valence-corrected chi connectivity index (χ4v) is 3.68. The summed E-state index contributed by atoms with van der Waals surface area (Å²) in [5.41, 5.74) is 1.99. The van der Waals surface area contributed by atoms with E-state index in [2.05, 4.69) is 10.3 Å². The van der Waals surface area contributed by atoms with Crippen molar-refractivity contribution >= 4 is 29.0 Å². The fourth-order valence-electron chi connectivity index (χ4n) is 3.68. The van der Waals surface area contributed by atoms with Gasteiger partial charge in [-0.05, 0) is 45.4 Å². The maximum absolute atomic E-state index is 12.9. The Morgan fingerprint density at radius 1 is 1.15 bits per heavy atom. The number of fused-ring (bicyclic) bond motifs is 1. The summed E-state index contributed by atoms with van der Waals surface area (Å²) in [6.07, 6.45) is 0.231. The summed E-state index contributed by atoms with van der Waals surface area (Å²) in [7, 11) is 1.69. The highest BCUT2D eigenvalue weighted by molar-refractivity contribution is 6.04. The fraction of sp³-hybridized carbons (Fsp3) is 0.400. The molecule has 1 heterocycles. The number of hydrogen-bond donors (Lipinski definition) is 2. The molecule has 2 N–H and O–H groups in total. The van der Waals surface area contributed by atoms with Crippen molar-refractivity contribution in [3.63, 3.8) is 0 Å². The maximum atomic E-state index is 12.9. The van der Waals surface area contributed by atoms with Crippen molar-refractivity contribution in [1.82, 2.24) is 14.5 Å². The number of aromatic nitrogens is 2. The van der Waals surface area contributed by atoms with Crippen LogP contribution in [-0.2, 0) is 11.3 Å². The number of ether oxygens (including phenoxy) is 1. The van der Waals surface area contributed by atoms with E-state index >= 15 is 0 Å². The number of rotatable bonds is 7. The first-order chi connectivity index (χ1) is 15.6. The average molecular weight is 453 g/mol. The lowest BCUT2D eigenvalue weighted by Gasteiger charge is -2.29. The Kier molecular flexibility index (Phi) is 7.38. The van der Waals surface area contributed by atoms with Gasteiger partial charge in [0, 0.05) is 24.7 Å². The Bertz CT molecular complexity index is 1120. The van der Waals surface area contributed by atoms with Crippen LogP contribution in [0.2, 0.25) is 0 Å². The quantitative estimate of drug-likeness (QED) is 0.546. The summed E-state index contributed by atoms with van der Waals surface area (Å²) in [4.78, 5) is 31.7. The van der Waals surface area contributed by atoms with Crippen molar-refractivity contribution in [2.24, 2.45) is 0 Å². The minimum atomic E-state index is -0.604. The molecule has 1 atom stereocenters. The predicted octanol–water partition coefficient (Wildman–Crippen LogP) is 4.60. The molecule has 0 unspecified atom stereocenters. The second kappa shape index (κ2) is 10.0. The van der Waals surface area contributed by atoms with E-state index in [9.17, 15) is 14.7 Å². The van der Waals surface area contributed by atoms with E-state index in [1.165, 1.54) is 4.90 Å². The minimum Gasteiger partial charge on any atom is -0.444 e. The van der Waals surface area contributed by atoms with Gasteiger partial charge >= 0.3 is 6.09 Å². The molecule has 0 bridgehead atoms. The van der Waals surface area contributed by atoms with Crippen molar-refractivity contribution in [2.75, 3.05) is 18.9 Å². The Morgan fingerprint density at radius 3 is 2.45 bits per heavy atom. The Balaban J connectivity index is 2.01. The number of benzene rings is 2. The number of likely N-dealkylation sites (N-methyl/N-ethyl adjacent to an activating group) is 1. The molecule has 2 amide bonds. The molecule has 0 radical (unpaired) electrons. The van der Waals surface area contributed by atoms with Crippen LogP contribution in [0.5, 0.6) is 0 Å². The van der Waals surface area contributed by atoms with Crippen molar-refractivity contribution < 1.29 is 19.4 Å². The molecular formula is C25H32N4O4. The lowest BCUT2D eigenvalue weighted by atomic mass is 10.1. The van der Waals surface area contributed by atoms with Crippen LogP contribution >= 0.6 is 0 Å². The van der Waals surface area contributed by atoms with E-state index in [4.69, 9.17) is 4.74 Å². The number of aliphatic hydroxyl groups is 1. The molecule has 0 fully saturated rings. The molecule has 2 aromatic carbocycles. The van der Waals surface area contributed by atoms with Crippen LogP contribution in [-0.4, -0.2) is 50.8 Å². The number of nitrogens with zero attached hydrogens (tertiary/aromatic N) is 3. The van der Waals surface area contributed by atoms with E-state index in [1.54, 1.807) is 31.3 Å². The largest absolute Gasteiger partial charge is 0.444 e. The van der Waals surface area contributed by atoms with Gasteiger partial charge in [0.25, 0.3) is 5.91 Å². The van der Waals surface area contributed by atoms with Gasteiger partial charge in [0.15, 0.2) is 0 Å². The SMILES string of the molecule is CC[C@H](CN(C)C(=O)OC(C)(C)C)n1c(NC(=O)c2ccccc2)nc2cccc(CO)c21. The van der Waals surface area contributed by atoms with Crippen LogP contribution in [0.1, 0.15) is 56.1 Å². The number of anilines is 1. The van der Waals surface area contributed by atoms with Crippen LogP contribution < -0.4 is 5.32 Å². The molecule has 0 aliphatic heterocycles.